The van der Waals surface area contributed by atoms with Crippen molar-refractivity contribution in [2.75, 3.05) is 0 Å². The third-order valence-corrected chi connectivity index (χ3v) is 3.50. The summed E-state index contributed by atoms with van der Waals surface area (Å²) in [5.74, 6) is 0. The number of fused-ring (bicyclic) bond motifs is 2. The smallest absolute Gasteiger partial charge is 0.154 e. The van der Waals surface area contributed by atoms with Gasteiger partial charge in [-0.1, -0.05) is 19.1 Å². The molecule has 1 N–H and O–H groups in total. The average molecular weight is 219 g/mol. The van der Waals surface area contributed by atoms with Crippen LogP contribution in [0.1, 0.15) is 30.3 Å². The highest BCUT2D eigenvalue weighted by Crippen LogP contribution is 2.22. The topological polar surface area (TPSA) is 33.1 Å². The first-order valence-electron chi connectivity index (χ1n) is 5.42. The zero-order valence-corrected chi connectivity index (χ0v) is 9.52. The van der Waals surface area contributed by atoms with Crippen molar-refractivity contribution in [3.8, 4) is 0 Å². The molecular formula is C11H13N3S. The van der Waals surface area contributed by atoms with Crippen molar-refractivity contribution in [2.24, 2.45) is 0 Å². The molecule has 0 saturated carbocycles. The molecule has 0 unspecified atom stereocenters. The minimum Gasteiger partial charge on any atom is -0.296 e. The SMILES string of the molecule is CCc1cc2nc3c(c(=S)n2[nH]1)CCC3. The number of nitrogens with one attached hydrogen (secondary N) is 1. The number of aromatic amines is 1. The second-order valence-corrected chi connectivity index (χ2v) is 4.41. The van der Waals surface area contributed by atoms with Crippen molar-refractivity contribution in [1.29, 1.82) is 0 Å². The molecule has 4 heteroatoms. The Morgan fingerprint density at radius 1 is 1.53 bits per heavy atom. The van der Waals surface area contributed by atoms with Gasteiger partial charge >= 0.3 is 0 Å². The van der Waals surface area contributed by atoms with Gasteiger partial charge in [0.2, 0.25) is 0 Å². The van der Waals surface area contributed by atoms with Crippen LogP contribution >= 0.6 is 12.2 Å². The minimum atomic E-state index is 0.923. The van der Waals surface area contributed by atoms with Gasteiger partial charge in [0, 0.05) is 23.0 Å². The second kappa shape index (κ2) is 3.17. The van der Waals surface area contributed by atoms with E-state index < -0.39 is 0 Å². The number of H-pyrrole nitrogens is 1. The summed E-state index contributed by atoms with van der Waals surface area (Å²) in [6.45, 7) is 2.13. The lowest BCUT2D eigenvalue weighted by Crippen LogP contribution is -1.99. The van der Waals surface area contributed by atoms with Crippen LogP contribution in [0.15, 0.2) is 6.07 Å². The number of aromatic nitrogens is 3. The maximum atomic E-state index is 5.47. The number of hydrogen-bond donors (Lipinski definition) is 1. The largest absolute Gasteiger partial charge is 0.296 e. The van der Waals surface area contributed by atoms with Gasteiger partial charge < -0.3 is 0 Å². The van der Waals surface area contributed by atoms with Crippen molar-refractivity contribution in [2.45, 2.75) is 32.6 Å². The Balaban J connectivity index is 2.38. The maximum absolute atomic E-state index is 5.47. The van der Waals surface area contributed by atoms with Gasteiger partial charge in [-0.2, -0.15) is 0 Å². The van der Waals surface area contributed by atoms with Crippen LogP contribution in [0.2, 0.25) is 0 Å². The predicted molar refractivity (Wildman–Crippen MR) is 61.8 cm³/mol. The van der Waals surface area contributed by atoms with E-state index in [4.69, 9.17) is 12.2 Å². The first-order chi connectivity index (χ1) is 7.29. The lowest BCUT2D eigenvalue weighted by molar-refractivity contribution is 0.860. The molecule has 0 bridgehead atoms. The standard InChI is InChI=1S/C11H13N3S/c1-2-7-6-10-12-9-5-3-4-8(9)11(15)14(10)13-7/h6,13H,2-5H2,1H3. The van der Waals surface area contributed by atoms with E-state index in [2.05, 4.69) is 23.1 Å². The molecule has 0 radical (unpaired) electrons. The highest BCUT2D eigenvalue weighted by Gasteiger charge is 2.16. The molecule has 0 atom stereocenters. The molecule has 0 saturated heterocycles. The first kappa shape index (κ1) is 9.09. The Bertz CT molecular complexity index is 579. The van der Waals surface area contributed by atoms with E-state index in [-0.39, 0.29) is 0 Å². The van der Waals surface area contributed by atoms with Crippen molar-refractivity contribution in [3.63, 3.8) is 0 Å². The van der Waals surface area contributed by atoms with Gasteiger partial charge in [0.1, 0.15) is 4.64 Å². The third kappa shape index (κ3) is 1.24. The molecule has 78 valence electrons. The zero-order valence-electron chi connectivity index (χ0n) is 8.71. The number of nitrogens with zero attached hydrogens (tertiary/aromatic N) is 2. The fourth-order valence-corrected chi connectivity index (χ4v) is 2.59. The molecule has 2 heterocycles. The molecule has 0 amide bonds. The van der Waals surface area contributed by atoms with Gasteiger partial charge in [-0.3, -0.25) is 5.10 Å². The molecule has 0 fully saturated rings. The summed E-state index contributed by atoms with van der Waals surface area (Å²) in [6, 6.07) is 2.09. The Morgan fingerprint density at radius 2 is 2.40 bits per heavy atom. The van der Waals surface area contributed by atoms with E-state index >= 15 is 0 Å². The minimum absolute atomic E-state index is 0.923. The lowest BCUT2D eigenvalue weighted by atomic mass is 10.3. The number of hydrogen-bond acceptors (Lipinski definition) is 2. The van der Waals surface area contributed by atoms with E-state index in [0.29, 0.717) is 0 Å². The van der Waals surface area contributed by atoms with Gasteiger partial charge in [-0.25, -0.2) is 9.50 Å². The molecule has 2 aromatic rings. The van der Waals surface area contributed by atoms with Crippen molar-refractivity contribution in [3.05, 3.63) is 27.7 Å². The van der Waals surface area contributed by atoms with Crippen molar-refractivity contribution >= 4 is 17.9 Å². The van der Waals surface area contributed by atoms with Gasteiger partial charge in [0.05, 0.1) is 0 Å². The molecule has 0 spiro atoms. The predicted octanol–water partition coefficient (Wildman–Crippen LogP) is 2.44. The molecule has 1 aliphatic carbocycles. The maximum Gasteiger partial charge on any atom is 0.154 e. The van der Waals surface area contributed by atoms with Crippen LogP contribution in [-0.4, -0.2) is 14.6 Å². The summed E-state index contributed by atoms with van der Waals surface area (Å²) in [6.07, 6.45) is 4.36. The Morgan fingerprint density at radius 3 is 3.20 bits per heavy atom. The molecule has 3 rings (SSSR count). The van der Waals surface area contributed by atoms with Crippen LogP contribution in [-0.2, 0) is 19.3 Å². The molecule has 2 aromatic heterocycles. The molecule has 3 nitrogen and oxygen atoms in total. The summed E-state index contributed by atoms with van der Waals surface area (Å²) in [5.41, 5.74) is 4.64. The van der Waals surface area contributed by atoms with Crippen molar-refractivity contribution in [1.82, 2.24) is 14.6 Å². The Kier molecular flexibility index (Phi) is 1.92. The van der Waals surface area contributed by atoms with E-state index in [1.54, 1.807) is 0 Å². The Labute approximate surface area is 93.1 Å². The summed E-state index contributed by atoms with van der Waals surface area (Å²) < 4.78 is 2.87. The van der Waals surface area contributed by atoms with Gasteiger partial charge in [0.25, 0.3) is 0 Å². The van der Waals surface area contributed by atoms with Crippen molar-refractivity contribution < 1.29 is 0 Å². The number of aryl methyl sites for hydroxylation is 2. The Hall–Kier alpha value is -1.16. The van der Waals surface area contributed by atoms with E-state index in [0.717, 1.165) is 29.6 Å². The summed E-state index contributed by atoms with van der Waals surface area (Å²) >= 11 is 5.47. The number of rotatable bonds is 1. The normalized spacial score (nSPS) is 14.7. The first-order valence-corrected chi connectivity index (χ1v) is 5.83. The van der Waals surface area contributed by atoms with E-state index in [1.165, 1.54) is 23.4 Å². The molecule has 0 aliphatic heterocycles. The fourth-order valence-electron chi connectivity index (χ4n) is 2.23. The van der Waals surface area contributed by atoms with Gasteiger partial charge in [-0.15, -0.1) is 0 Å². The van der Waals surface area contributed by atoms with E-state index in [1.807, 2.05) is 4.52 Å². The summed E-state index contributed by atoms with van der Waals surface area (Å²) in [4.78, 5) is 4.65. The average Bonchev–Trinajstić information content (AvgIpc) is 2.83. The molecule has 0 aromatic carbocycles. The van der Waals surface area contributed by atoms with Crippen LogP contribution in [0.5, 0.6) is 0 Å². The molecule has 1 aliphatic rings. The third-order valence-electron chi connectivity index (χ3n) is 3.07. The van der Waals surface area contributed by atoms with Crippen LogP contribution in [0.3, 0.4) is 0 Å². The highest BCUT2D eigenvalue weighted by atomic mass is 32.1. The molecular weight excluding hydrogens is 206 g/mol. The van der Waals surface area contributed by atoms with Crippen LogP contribution in [0.25, 0.3) is 5.65 Å². The summed E-state index contributed by atoms with van der Waals surface area (Å²) in [5, 5.41) is 3.29. The fraction of sp³-hybridized carbons (Fsp3) is 0.455. The summed E-state index contributed by atoms with van der Waals surface area (Å²) in [7, 11) is 0. The van der Waals surface area contributed by atoms with Crippen LogP contribution in [0.4, 0.5) is 0 Å². The lowest BCUT2D eigenvalue weighted by Gasteiger charge is -2.00. The van der Waals surface area contributed by atoms with Gasteiger partial charge in [0.15, 0.2) is 5.65 Å². The highest BCUT2D eigenvalue weighted by molar-refractivity contribution is 7.71. The van der Waals surface area contributed by atoms with Crippen LogP contribution in [0, 0.1) is 4.64 Å². The monoisotopic (exact) mass is 219 g/mol. The van der Waals surface area contributed by atoms with Gasteiger partial charge in [-0.05, 0) is 25.7 Å². The second-order valence-electron chi connectivity index (χ2n) is 4.02. The van der Waals surface area contributed by atoms with E-state index in [9.17, 15) is 0 Å². The van der Waals surface area contributed by atoms with Crippen LogP contribution < -0.4 is 0 Å². The molecule has 15 heavy (non-hydrogen) atoms. The zero-order chi connectivity index (χ0) is 10.4. The quantitative estimate of drug-likeness (QED) is 0.747.